The molecule has 0 radical (unpaired) electrons. The molecule has 112 valence electrons. The predicted octanol–water partition coefficient (Wildman–Crippen LogP) is 1.48. The minimum absolute atomic E-state index is 0.0310. The number of nitrogens with zero attached hydrogens (tertiary/aromatic N) is 3. The van der Waals surface area contributed by atoms with Crippen molar-refractivity contribution in [3.63, 3.8) is 0 Å². The molecule has 6 heteroatoms. The van der Waals surface area contributed by atoms with Gasteiger partial charge in [0, 0.05) is 26.2 Å². The molecular formula is C14H25N5O. The molecule has 2 saturated heterocycles. The van der Waals surface area contributed by atoms with Gasteiger partial charge < -0.3 is 15.0 Å². The Morgan fingerprint density at radius 2 is 2.10 bits per heavy atom. The van der Waals surface area contributed by atoms with Gasteiger partial charge in [0.15, 0.2) is 5.82 Å². The summed E-state index contributed by atoms with van der Waals surface area (Å²) in [6, 6.07) is 0.744. The number of hydrogen-bond donors (Lipinski definition) is 2. The average Bonchev–Trinajstić information content (AvgIpc) is 3.18. The molecule has 2 unspecified atom stereocenters. The van der Waals surface area contributed by atoms with Crippen molar-refractivity contribution in [1.29, 1.82) is 0 Å². The molecule has 6 nitrogen and oxygen atoms in total. The lowest BCUT2D eigenvalue weighted by molar-refractivity contribution is 0.112. The van der Waals surface area contributed by atoms with Crippen LogP contribution < -0.4 is 10.2 Å². The van der Waals surface area contributed by atoms with E-state index in [0.717, 1.165) is 36.8 Å². The van der Waals surface area contributed by atoms with Crippen molar-refractivity contribution in [2.75, 3.05) is 31.6 Å². The van der Waals surface area contributed by atoms with Gasteiger partial charge in [-0.2, -0.15) is 4.98 Å². The number of piperidine rings is 1. The van der Waals surface area contributed by atoms with E-state index in [1.165, 1.54) is 32.2 Å². The van der Waals surface area contributed by atoms with E-state index in [1.54, 1.807) is 7.11 Å². The predicted molar refractivity (Wildman–Crippen MR) is 77.8 cm³/mol. The van der Waals surface area contributed by atoms with Crippen LogP contribution in [-0.2, 0) is 4.74 Å². The number of rotatable bonds is 4. The normalized spacial score (nSPS) is 26.1. The van der Waals surface area contributed by atoms with E-state index < -0.39 is 0 Å². The van der Waals surface area contributed by atoms with Gasteiger partial charge in [-0.3, -0.25) is 5.10 Å². The van der Waals surface area contributed by atoms with Crippen LogP contribution in [0.2, 0.25) is 0 Å². The number of hydrogen-bond acceptors (Lipinski definition) is 5. The fraction of sp³-hybridized carbons (Fsp3) is 0.857. The summed E-state index contributed by atoms with van der Waals surface area (Å²) < 4.78 is 5.26. The summed E-state index contributed by atoms with van der Waals surface area (Å²) in [5.41, 5.74) is 0. The molecule has 0 spiro atoms. The molecule has 1 aromatic rings. The van der Waals surface area contributed by atoms with Crippen LogP contribution in [0.3, 0.4) is 0 Å². The smallest absolute Gasteiger partial charge is 0.244 e. The van der Waals surface area contributed by atoms with Crippen molar-refractivity contribution < 1.29 is 4.74 Å². The molecule has 3 rings (SSSR count). The Morgan fingerprint density at radius 1 is 1.30 bits per heavy atom. The average molecular weight is 279 g/mol. The zero-order valence-corrected chi connectivity index (χ0v) is 12.4. The molecule has 2 N–H and O–H groups in total. The minimum atomic E-state index is -0.0310. The molecule has 2 fully saturated rings. The van der Waals surface area contributed by atoms with Crippen LogP contribution in [-0.4, -0.2) is 48.0 Å². The van der Waals surface area contributed by atoms with Gasteiger partial charge in [0.25, 0.3) is 0 Å². The summed E-state index contributed by atoms with van der Waals surface area (Å²) in [6.07, 6.45) is 5.13. The number of ether oxygens (including phenoxy) is 1. The molecule has 20 heavy (non-hydrogen) atoms. The van der Waals surface area contributed by atoms with Gasteiger partial charge in [-0.1, -0.05) is 0 Å². The van der Waals surface area contributed by atoms with Gasteiger partial charge >= 0.3 is 0 Å². The van der Waals surface area contributed by atoms with Gasteiger partial charge in [0.1, 0.15) is 6.10 Å². The van der Waals surface area contributed by atoms with Crippen LogP contribution in [0.1, 0.15) is 44.5 Å². The van der Waals surface area contributed by atoms with Crippen molar-refractivity contribution in [1.82, 2.24) is 20.5 Å². The molecule has 0 amide bonds. The zero-order chi connectivity index (χ0) is 13.9. The Hall–Kier alpha value is -1.14. The highest BCUT2D eigenvalue weighted by Gasteiger charge is 2.29. The summed E-state index contributed by atoms with van der Waals surface area (Å²) in [4.78, 5) is 6.83. The van der Waals surface area contributed by atoms with Crippen LogP contribution in [0.25, 0.3) is 0 Å². The number of nitrogens with one attached hydrogen (secondary N) is 2. The van der Waals surface area contributed by atoms with E-state index in [0.29, 0.717) is 0 Å². The maximum absolute atomic E-state index is 5.26. The third-order valence-electron chi connectivity index (χ3n) is 4.72. The Bertz CT molecular complexity index is 421. The van der Waals surface area contributed by atoms with Gasteiger partial charge in [-0.15, -0.1) is 5.10 Å². The lowest BCUT2D eigenvalue weighted by atomic mass is 9.89. The first-order valence-corrected chi connectivity index (χ1v) is 7.71. The Labute approximate surface area is 120 Å². The minimum Gasteiger partial charge on any atom is -0.374 e. The van der Waals surface area contributed by atoms with Crippen molar-refractivity contribution in [3.05, 3.63) is 5.82 Å². The van der Waals surface area contributed by atoms with E-state index in [4.69, 9.17) is 4.74 Å². The Kier molecular flexibility index (Phi) is 4.21. The molecule has 2 atom stereocenters. The third kappa shape index (κ3) is 2.81. The first-order valence-electron chi connectivity index (χ1n) is 7.71. The summed E-state index contributed by atoms with van der Waals surface area (Å²) >= 11 is 0. The first kappa shape index (κ1) is 13.8. The van der Waals surface area contributed by atoms with Crippen molar-refractivity contribution >= 4 is 5.95 Å². The fourth-order valence-corrected chi connectivity index (χ4v) is 3.32. The molecule has 0 aliphatic carbocycles. The SMILES string of the molecule is COC(C)c1nc(N2CCC(C3CCCN3)CC2)n[nH]1. The molecule has 0 aromatic carbocycles. The standard InChI is InChI=1S/C14H25N5O/c1-10(20-2)13-16-14(18-17-13)19-8-5-11(6-9-19)12-4-3-7-15-12/h10-12,15H,3-9H2,1-2H3,(H,16,17,18). The molecule has 2 aliphatic heterocycles. The van der Waals surface area contributed by atoms with E-state index in [2.05, 4.69) is 25.4 Å². The Balaban J connectivity index is 1.56. The lowest BCUT2D eigenvalue weighted by Crippen LogP contribution is -2.41. The summed E-state index contributed by atoms with van der Waals surface area (Å²) in [6.45, 7) is 5.29. The Morgan fingerprint density at radius 3 is 2.75 bits per heavy atom. The largest absolute Gasteiger partial charge is 0.374 e. The van der Waals surface area contributed by atoms with E-state index >= 15 is 0 Å². The second-order valence-electron chi connectivity index (χ2n) is 5.93. The van der Waals surface area contributed by atoms with Gasteiger partial charge in [0.05, 0.1) is 0 Å². The van der Waals surface area contributed by atoms with Crippen LogP contribution >= 0.6 is 0 Å². The molecule has 3 heterocycles. The summed E-state index contributed by atoms with van der Waals surface area (Å²) in [5.74, 6) is 2.45. The van der Waals surface area contributed by atoms with Crippen molar-refractivity contribution in [2.24, 2.45) is 5.92 Å². The number of anilines is 1. The number of aromatic nitrogens is 3. The number of aromatic amines is 1. The molecule has 0 bridgehead atoms. The molecular weight excluding hydrogens is 254 g/mol. The summed E-state index contributed by atoms with van der Waals surface area (Å²) in [5, 5.41) is 10.9. The quantitative estimate of drug-likeness (QED) is 0.874. The number of methoxy groups -OCH3 is 1. The van der Waals surface area contributed by atoms with Gasteiger partial charge in [-0.05, 0) is 45.1 Å². The van der Waals surface area contributed by atoms with Crippen LogP contribution in [0, 0.1) is 5.92 Å². The maximum atomic E-state index is 5.26. The second-order valence-corrected chi connectivity index (χ2v) is 5.93. The summed E-state index contributed by atoms with van der Waals surface area (Å²) in [7, 11) is 1.69. The molecule has 0 saturated carbocycles. The van der Waals surface area contributed by atoms with E-state index in [9.17, 15) is 0 Å². The fourth-order valence-electron chi connectivity index (χ4n) is 3.32. The lowest BCUT2D eigenvalue weighted by Gasteiger charge is -2.34. The van der Waals surface area contributed by atoms with Crippen LogP contribution in [0.15, 0.2) is 0 Å². The highest BCUT2D eigenvalue weighted by Crippen LogP contribution is 2.27. The molecule has 2 aliphatic rings. The monoisotopic (exact) mass is 279 g/mol. The topological polar surface area (TPSA) is 66.1 Å². The van der Waals surface area contributed by atoms with Gasteiger partial charge in [-0.25, -0.2) is 0 Å². The highest BCUT2D eigenvalue weighted by molar-refractivity contribution is 5.29. The van der Waals surface area contributed by atoms with Crippen LogP contribution in [0.5, 0.6) is 0 Å². The number of H-pyrrole nitrogens is 1. The second kappa shape index (κ2) is 6.10. The van der Waals surface area contributed by atoms with Crippen molar-refractivity contribution in [3.8, 4) is 0 Å². The first-order chi connectivity index (χ1) is 9.78. The third-order valence-corrected chi connectivity index (χ3v) is 4.72. The zero-order valence-electron chi connectivity index (χ0n) is 12.4. The van der Waals surface area contributed by atoms with E-state index in [1.807, 2.05) is 6.92 Å². The van der Waals surface area contributed by atoms with Crippen LogP contribution in [0.4, 0.5) is 5.95 Å². The van der Waals surface area contributed by atoms with E-state index in [-0.39, 0.29) is 6.10 Å². The van der Waals surface area contributed by atoms with Crippen molar-refractivity contribution in [2.45, 2.75) is 44.8 Å². The highest BCUT2D eigenvalue weighted by atomic mass is 16.5. The maximum Gasteiger partial charge on any atom is 0.244 e. The van der Waals surface area contributed by atoms with Gasteiger partial charge in [0.2, 0.25) is 5.95 Å². The molecule has 1 aromatic heterocycles.